The van der Waals surface area contributed by atoms with E-state index in [1.165, 1.54) is 0 Å². The number of hydrogen-bond acceptors (Lipinski definition) is 9. The Morgan fingerprint density at radius 2 is 2.07 bits per heavy atom. The number of hydrogen-bond donors (Lipinski definition) is 4. The molecule has 1 aromatic carbocycles. The molecular weight excluding hydrogens is 508 g/mol. The van der Waals surface area contributed by atoms with E-state index in [2.05, 4.69) is 42.9 Å². The van der Waals surface area contributed by atoms with Crippen LogP contribution in [0.25, 0.3) is 11.2 Å². The lowest BCUT2D eigenvalue weighted by Gasteiger charge is -2.12. The number of benzene rings is 1. The Kier molecular flexibility index (Phi) is 5.97. The lowest BCUT2D eigenvalue weighted by molar-refractivity contribution is 0.174. The van der Waals surface area contributed by atoms with E-state index < -0.39 is 6.08 Å². The minimum Gasteiger partial charge on any atom is -0.454 e. The Morgan fingerprint density at radius 1 is 1.30 bits per heavy atom. The van der Waals surface area contributed by atoms with Gasteiger partial charge in [0.2, 0.25) is 6.79 Å². The van der Waals surface area contributed by atoms with Crippen LogP contribution in [0.2, 0.25) is 0 Å². The zero-order valence-corrected chi connectivity index (χ0v) is 17.9. The van der Waals surface area contributed by atoms with E-state index in [0.717, 1.165) is 9.13 Å². The summed E-state index contributed by atoms with van der Waals surface area (Å²) in [6.45, 7) is 0.936. The molecule has 0 bridgehead atoms. The molecule has 0 unspecified atom stereocenters. The van der Waals surface area contributed by atoms with E-state index in [1.54, 1.807) is 4.57 Å². The number of aliphatic hydroxyl groups excluding tert-OH is 1. The van der Waals surface area contributed by atoms with Gasteiger partial charge in [-0.3, -0.25) is 0 Å². The van der Waals surface area contributed by atoms with Gasteiger partial charge in [0.05, 0.1) is 13.2 Å². The predicted octanol–water partition coefficient (Wildman–Crippen LogP) is 1.07. The second kappa shape index (κ2) is 8.65. The number of imidazole rings is 1. The molecule has 0 spiro atoms. The molecule has 0 saturated carbocycles. The van der Waals surface area contributed by atoms with Crippen molar-refractivity contribution in [3.05, 3.63) is 33.2 Å². The van der Waals surface area contributed by atoms with E-state index in [-0.39, 0.29) is 38.0 Å². The van der Waals surface area contributed by atoms with E-state index in [1.807, 2.05) is 12.1 Å². The van der Waals surface area contributed by atoms with Gasteiger partial charge in [0, 0.05) is 28.8 Å². The highest BCUT2D eigenvalue weighted by Gasteiger charge is 2.21. The zero-order valence-electron chi connectivity index (χ0n) is 15.8. The summed E-state index contributed by atoms with van der Waals surface area (Å²) < 4.78 is 27.3. The van der Waals surface area contributed by atoms with Crippen LogP contribution in [0.5, 0.6) is 11.5 Å². The van der Waals surface area contributed by atoms with Crippen molar-refractivity contribution in [3.8, 4) is 11.5 Å². The number of anilines is 1. The van der Waals surface area contributed by atoms with Crippen molar-refractivity contribution in [3.63, 3.8) is 0 Å². The molecule has 0 atom stereocenters. The zero-order chi connectivity index (χ0) is 21.3. The van der Waals surface area contributed by atoms with Gasteiger partial charge in [0.25, 0.3) is 0 Å². The number of halogens is 2. The molecule has 5 N–H and O–H groups in total. The fourth-order valence-corrected chi connectivity index (χ4v) is 3.80. The van der Waals surface area contributed by atoms with Crippen LogP contribution in [0.1, 0.15) is 11.4 Å². The third kappa shape index (κ3) is 4.15. The second-order valence-corrected chi connectivity index (χ2v) is 7.80. The molecule has 158 valence electrons. The maximum Gasteiger partial charge on any atom is 0.312 e. The highest BCUT2D eigenvalue weighted by Crippen LogP contribution is 2.36. The van der Waals surface area contributed by atoms with Crippen molar-refractivity contribution < 1.29 is 19.0 Å². The summed E-state index contributed by atoms with van der Waals surface area (Å²) in [4.78, 5) is 12.0. The Balaban J connectivity index is 1.71. The molecule has 12 heteroatoms. The molecule has 3 aromatic rings. The monoisotopic (exact) mass is 527 g/mol. The van der Waals surface area contributed by atoms with Crippen molar-refractivity contribution in [1.82, 2.24) is 24.8 Å². The molecule has 0 saturated heterocycles. The minimum atomic E-state index is -0.949. The smallest absolute Gasteiger partial charge is 0.312 e. The fraction of sp³-hybridized carbons (Fsp3) is 0.333. The second-order valence-electron chi connectivity index (χ2n) is 6.64. The number of nitrogens with zero attached hydrogens (tertiary/aromatic N) is 4. The summed E-state index contributed by atoms with van der Waals surface area (Å²) in [5.41, 5.74) is 7.65. The topological polar surface area (TPSA) is 144 Å². The number of aromatic nitrogens is 4. The van der Waals surface area contributed by atoms with Crippen LogP contribution in [0.4, 0.5) is 10.2 Å². The van der Waals surface area contributed by atoms with Crippen molar-refractivity contribution in [1.29, 1.82) is 5.41 Å². The van der Waals surface area contributed by atoms with Gasteiger partial charge in [-0.05, 0) is 40.3 Å². The Bertz CT molecular complexity index is 1120. The van der Waals surface area contributed by atoms with Crippen LogP contribution in [-0.4, -0.2) is 56.8 Å². The number of fused-ring (bicyclic) bond motifs is 2. The largest absolute Gasteiger partial charge is 0.454 e. The van der Waals surface area contributed by atoms with E-state index >= 15 is 0 Å². The van der Waals surface area contributed by atoms with Gasteiger partial charge in [0.1, 0.15) is 5.82 Å². The summed E-state index contributed by atoms with van der Waals surface area (Å²) in [5.74, 6) is 1.85. The van der Waals surface area contributed by atoms with Gasteiger partial charge < -0.3 is 35.6 Å². The van der Waals surface area contributed by atoms with Crippen LogP contribution >= 0.6 is 22.6 Å². The SMILES string of the molecule is N=C(CNCCO)Cn1c(Cc2cc3c(cc2I)OCO3)nc2c(N)nc(F)nc21. The standard InChI is InChI=1S/C18H19FIN7O3/c19-18-25-16(22)15-17(26-18)27(7-10(21)6-23-1-2-28)14(24-15)4-9-3-12-13(5-11(9)20)30-8-29-12/h3,5,21,23,28H,1-2,4,6-8H2,(H2,22,25,26). The first-order valence-electron chi connectivity index (χ1n) is 9.10. The average Bonchev–Trinajstić information content (AvgIpc) is 3.27. The summed E-state index contributed by atoms with van der Waals surface area (Å²) >= 11 is 2.21. The summed E-state index contributed by atoms with van der Waals surface area (Å²) in [6, 6.07) is 3.78. The van der Waals surface area contributed by atoms with Crippen LogP contribution < -0.4 is 20.5 Å². The van der Waals surface area contributed by atoms with Crippen molar-refractivity contribution in [2.24, 2.45) is 0 Å². The van der Waals surface area contributed by atoms with E-state index in [4.69, 9.17) is 25.7 Å². The number of nitrogens with one attached hydrogen (secondary N) is 2. The maximum atomic E-state index is 13.8. The molecule has 30 heavy (non-hydrogen) atoms. The average molecular weight is 527 g/mol. The van der Waals surface area contributed by atoms with Gasteiger partial charge in [0.15, 0.2) is 28.5 Å². The van der Waals surface area contributed by atoms with Gasteiger partial charge in [-0.25, -0.2) is 4.98 Å². The number of nitrogens with two attached hydrogens (primary N) is 1. The normalized spacial score (nSPS) is 12.6. The lowest BCUT2D eigenvalue weighted by Crippen LogP contribution is -2.28. The summed E-state index contributed by atoms with van der Waals surface area (Å²) in [7, 11) is 0. The minimum absolute atomic E-state index is 0.0238. The third-order valence-corrected chi connectivity index (χ3v) is 5.54. The third-order valence-electron chi connectivity index (χ3n) is 4.54. The number of ether oxygens (including phenoxy) is 2. The molecule has 0 aliphatic carbocycles. The van der Waals surface area contributed by atoms with Crippen LogP contribution in [0, 0.1) is 15.1 Å². The van der Waals surface area contributed by atoms with Crippen molar-refractivity contribution in [2.75, 3.05) is 32.2 Å². The Hall–Kier alpha value is -2.58. The molecule has 1 aliphatic heterocycles. The fourth-order valence-electron chi connectivity index (χ4n) is 3.17. The molecule has 0 radical (unpaired) electrons. The molecule has 0 fully saturated rings. The molecular formula is C18H19FIN7O3. The molecule has 4 rings (SSSR count). The molecule has 0 amide bonds. The van der Waals surface area contributed by atoms with Crippen molar-refractivity contribution >= 4 is 45.3 Å². The van der Waals surface area contributed by atoms with Crippen LogP contribution in [0.3, 0.4) is 0 Å². The van der Waals surface area contributed by atoms with Crippen LogP contribution in [-0.2, 0) is 13.0 Å². The van der Waals surface area contributed by atoms with Gasteiger partial charge >= 0.3 is 6.08 Å². The maximum absolute atomic E-state index is 13.8. The summed E-state index contributed by atoms with van der Waals surface area (Å²) in [6.07, 6.45) is -0.556. The molecule has 10 nitrogen and oxygen atoms in total. The number of rotatable bonds is 8. The lowest BCUT2D eigenvalue weighted by atomic mass is 10.1. The molecule has 1 aliphatic rings. The summed E-state index contributed by atoms with van der Waals surface area (Å²) in [5, 5.41) is 20.1. The Morgan fingerprint density at radius 3 is 2.83 bits per heavy atom. The molecule has 3 heterocycles. The highest BCUT2D eigenvalue weighted by atomic mass is 127. The van der Waals surface area contributed by atoms with Crippen molar-refractivity contribution in [2.45, 2.75) is 13.0 Å². The predicted molar refractivity (Wildman–Crippen MR) is 115 cm³/mol. The number of nitrogen functional groups attached to an aromatic ring is 1. The highest BCUT2D eigenvalue weighted by molar-refractivity contribution is 14.1. The van der Waals surface area contributed by atoms with E-state index in [0.29, 0.717) is 41.5 Å². The van der Waals surface area contributed by atoms with Gasteiger partial charge in [-0.1, -0.05) is 0 Å². The first-order chi connectivity index (χ1) is 14.5. The number of aliphatic hydroxyl groups is 1. The van der Waals surface area contributed by atoms with Gasteiger partial charge in [-0.2, -0.15) is 14.4 Å². The first-order valence-corrected chi connectivity index (χ1v) is 10.2. The van der Waals surface area contributed by atoms with E-state index in [9.17, 15) is 4.39 Å². The first kappa shape index (κ1) is 20.7. The quantitative estimate of drug-likeness (QED) is 0.148. The Labute approximate surface area is 184 Å². The van der Waals surface area contributed by atoms with Gasteiger partial charge in [-0.15, -0.1) is 0 Å². The van der Waals surface area contributed by atoms with Crippen LogP contribution in [0.15, 0.2) is 12.1 Å². The molecule has 2 aromatic heterocycles.